The molecule has 0 saturated carbocycles. The summed E-state index contributed by atoms with van der Waals surface area (Å²) in [5, 5.41) is 11.8. The molecule has 3 heterocycles. The molecule has 0 unspecified atom stereocenters. The number of nitrogens with zero attached hydrogens (tertiary/aromatic N) is 2. The van der Waals surface area contributed by atoms with Crippen molar-refractivity contribution in [3.63, 3.8) is 0 Å². The lowest BCUT2D eigenvalue weighted by Crippen LogP contribution is -2.53. The van der Waals surface area contributed by atoms with E-state index in [1.807, 2.05) is 6.92 Å². The largest absolute Gasteiger partial charge is 0.384 e. The second-order valence-electron chi connectivity index (χ2n) is 7.80. The van der Waals surface area contributed by atoms with Crippen LogP contribution in [0, 0.1) is 12.7 Å². The Morgan fingerprint density at radius 3 is 2.89 bits per heavy atom. The molecule has 6 nitrogen and oxygen atoms in total. The number of fused-ring (bicyclic) bond motifs is 1. The van der Waals surface area contributed by atoms with Gasteiger partial charge in [0, 0.05) is 24.0 Å². The number of halogens is 1. The Morgan fingerprint density at radius 1 is 1.33 bits per heavy atom. The average Bonchev–Trinajstić information content (AvgIpc) is 3.20. The van der Waals surface area contributed by atoms with Crippen molar-refractivity contribution in [3.8, 4) is 0 Å². The van der Waals surface area contributed by atoms with Crippen molar-refractivity contribution < 1.29 is 19.0 Å². The number of likely N-dealkylation sites (tertiary alicyclic amines) is 1. The zero-order valence-corrected chi connectivity index (χ0v) is 15.6. The fourth-order valence-electron chi connectivity index (χ4n) is 4.21. The summed E-state index contributed by atoms with van der Waals surface area (Å²) in [5.41, 5.74) is 0.821. The van der Waals surface area contributed by atoms with E-state index in [0.717, 1.165) is 37.0 Å². The normalized spacial score (nSPS) is 24.5. The quantitative estimate of drug-likeness (QED) is 0.860. The monoisotopic (exact) mass is 375 g/mol. The van der Waals surface area contributed by atoms with E-state index in [1.165, 1.54) is 12.1 Å². The first-order valence-corrected chi connectivity index (χ1v) is 9.55. The van der Waals surface area contributed by atoms with Crippen molar-refractivity contribution in [3.05, 3.63) is 35.3 Å². The molecule has 1 amide bonds. The second-order valence-corrected chi connectivity index (χ2v) is 7.80. The van der Waals surface area contributed by atoms with E-state index in [1.54, 1.807) is 11.0 Å². The molecule has 2 saturated heterocycles. The number of aliphatic hydroxyl groups is 1. The minimum absolute atomic E-state index is 0.186. The number of amides is 1. The minimum Gasteiger partial charge on any atom is -0.384 e. The molecule has 27 heavy (non-hydrogen) atoms. The average molecular weight is 375 g/mol. The molecular weight excluding hydrogens is 349 g/mol. The van der Waals surface area contributed by atoms with Crippen LogP contribution in [0.4, 0.5) is 4.39 Å². The predicted molar refractivity (Wildman–Crippen MR) is 100 cm³/mol. The van der Waals surface area contributed by atoms with Gasteiger partial charge in [-0.1, -0.05) is 0 Å². The van der Waals surface area contributed by atoms with Gasteiger partial charge in [0.15, 0.2) is 0 Å². The van der Waals surface area contributed by atoms with Crippen molar-refractivity contribution in [2.24, 2.45) is 0 Å². The van der Waals surface area contributed by atoms with Crippen LogP contribution < -0.4 is 0 Å². The van der Waals surface area contributed by atoms with Crippen LogP contribution in [0.25, 0.3) is 10.9 Å². The lowest BCUT2D eigenvalue weighted by molar-refractivity contribution is -0.0524. The molecular formula is C20H26FN3O3. The number of benzene rings is 1. The molecule has 0 bridgehead atoms. The summed E-state index contributed by atoms with van der Waals surface area (Å²) in [5.74, 6) is -0.513. The number of carbonyl (C=O) groups excluding carboxylic acids is 1. The molecule has 0 radical (unpaired) electrons. The van der Waals surface area contributed by atoms with Crippen LogP contribution in [-0.4, -0.2) is 77.3 Å². The van der Waals surface area contributed by atoms with E-state index in [4.69, 9.17) is 4.74 Å². The lowest BCUT2D eigenvalue weighted by atomic mass is 10.0. The molecule has 1 aromatic heterocycles. The fourth-order valence-corrected chi connectivity index (χ4v) is 4.21. The number of nitrogens with one attached hydrogen (secondary N) is 1. The van der Waals surface area contributed by atoms with Gasteiger partial charge in [0.2, 0.25) is 0 Å². The van der Waals surface area contributed by atoms with Gasteiger partial charge in [0.1, 0.15) is 17.1 Å². The third-order valence-corrected chi connectivity index (χ3v) is 5.60. The number of aryl methyl sites for hydroxylation is 1. The Morgan fingerprint density at radius 2 is 2.11 bits per heavy atom. The number of hydrogen-bond acceptors (Lipinski definition) is 4. The Kier molecular flexibility index (Phi) is 4.92. The highest BCUT2D eigenvalue weighted by Crippen LogP contribution is 2.25. The smallest absolute Gasteiger partial charge is 0.270 e. The standard InChI is InChI=1S/C20H26FN3O3/c1-14-16-10-15(21)4-5-17(16)22-18(14)19(25)24-8-9-27-13-20(26,12-24)11-23-6-2-3-7-23/h4-5,10,22,26H,2-3,6-9,11-13H2,1H3/t20-/m0/s1. The molecule has 146 valence electrons. The van der Waals surface area contributed by atoms with Crippen LogP contribution in [0.5, 0.6) is 0 Å². The van der Waals surface area contributed by atoms with Gasteiger partial charge in [-0.05, 0) is 56.6 Å². The van der Waals surface area contributed by atoms with E-state index < -0.39 is 5.60 Å². The molecule has 2 fully saturated rings. The van der Waals surface area contributed by atoms with E-state index in [-0.39, 0.29) is 24.9 Å². The van der Waals surface area contributed by atoms with E-state index >= 15 is 0 Å². The molecule has 1 aromatic carbocycles. The Hall–Kier alpha value is -1.96. The number of hydrogen-bond donors (Lipinski definition) is 2. The Balaban J connectivity index is 1.57. The first kappa shape index (κ1) is 18.4. The highest BCUT2D eigenvalue weighted by molar-refractivity contribution is 6.01. The zero-order chi connectivity index (χ0) is 19.0. The second kappa shape index (κ2) is 7.22. The van der Waals surface area contributed by atoms with Crippen molar-refractivity contribution >= 4 is 16.8 Å². The van der Waals surface area contributed by atoms with Gasteiger partial charge in [-0.15, -0.1) is 0 Å². The molecule has 0 spiro atoms. The highest BCUT2D eigenvalue weighted by atomic mass is 19.1. The summed E-state index contributed by atoms with van der Waals surface area (Å²) in [6, 6.07) is 4.46. The van der Waals surface area contributed by atoms with E-state index in [0.29, 0.717) is 30.8 Å². The number of ether oxygens (including phenoxy) is 1. The van der Waals surface area contributed by atoms with E-state index in [9.17, 15) is 14.3 Å². The summed E-state index contributed by atoms with van der Waals surface area (Å²) < 4.78 is 19.2. The molecule has 2 aliphatic heterocycles. The van der Waals surface area contributed by atoms with Crippen molar-refractivity contribution in [1.82, 2.24) is 14.8 Å². The maximum absolute atomic E-state index is 13.6. The van der Waals surface area contributed by atoms with Gasteiger partial charge in [-0.3, -0.25) is 4.79 Å². The van der Waals surface area contributed by atoms with Crippen LogP contribution in [-0.2, 0) is 4.74 Å². The van der Waals surface area contributed by atoms with Crippen molar-refractivity contribution in [2.45, 2.75) is 25.4 Å². The molecule has 1 atom stereocenters. The molecule has 0 aliphatic carbocycles. The molecule has 4 rings (SSSR count). The third kappa shape index (κ3) is 3.72. The van der Waals surface area contributed by atoms with Crippen molar-refractivity contribution in [1.29, 1.82) is 0 Å². The van der Waals surface area contributed by atoms with Crippen LogP contribution >= 0.6 is 0 Å². The molecule has 2 aromatic rings. The van der Waals surface area contributed by atoms with Crippen LogP contribution in [0.15, 0.2) is 18.2 Å². The summed E-state index contributed by atoms with van der Waals surface area (Å²) in [6.45, 7) is 5.54. The summed E-state index contributed by atoms with van der Waals surface area (Å²) in [4.78, 5) is 20.2. The van der Waals surface area contributed by atoms with Gasteiger partial charge in [-0.2, -0.15) is 0 Å². The van der Waals surface area contributed by atoms with Crippen LogP contribution in [0.2, 0.25) is 0 Å². The Labute approximate surface area is 157 Å². The summed E-state index contributed by atoms with van der Waals surface area (Å²) in [7, 11) is 0. The first-order valence-electron chi connectivity index (χ1n) is 9.55. The molecule has 2 aliphatic rings. The number of β-amino-alcohol motifs (C(OH)–C–C–N with tert-alkyl or cyclic N) is 1. The van der Waals surface area contributed by atoms with Gasteiger partial charge < -0.3 is 24.6 Å². The van der Waals surface area contributed by atoms with Gasteiger partial charge in [0.25, 0.3) is 5.91 Å². The van der Waals surface area contributed by atoms with Crippen LogP contribution in [0.3, 0.4) is 0 Å². The minimum atomic E-state index is -1.08. The van der Waals surface area contributed by atoms with Crippen LogP contribution in [0.1, 0.15) is 28.9 Å². The SMILES string of the molecule is Cc1c(C(=O)N2CCOC[C@](O)(CN3CCCC3)C2)[nH]c2ccc(F)cc12. The fraction of sp³-hybridized carbons (Fsp3) is 0.550. The van der Waals surface area contributed by atoms with Crippen molar-refractivity contribution in [2.75, 3.05) is 45.9 Å². The van der Waals surface area contributed by atoms with Gasteiger partial charge >= 0.3 is 0 Å². The lowest BCUT2D eigenvalue weighted by Gasteiger charge is -2.34. The summed E-state index contributed by atoms with van der Waals surface area (Å²) >= 11 is 0. The first-order chi connectivity index (χ1) is 13.0. The number of H-pyrrole nitrogens is 1. The number of aromatic amines is 1. The topological polar surface area (TPSA) is 68.8 Å². The summed E-state index contributed by atoms with van der Waals surface area (Å²) in [6.07, 6.45) is 2.29. The molecule has 2 N–H and O–H groups in total. The predicted octanol–water partition coefficient (Wildman–Crippen LogP) is 1.91. The van der Waals surface area contributed by atoms with Gasteiger partial charge in [-0.25, -0.2) is 4.39 Å². The van der Waals surface area contributed by atoms with Gasteiger partial charge in [0.05, 0.1) is 19.8 Å². The number of carbonyl (C=O) groups is 1. The van der Waals surface area contributed by atoms with E-state index in [2.05, 4.69) is 9.88 Å². The number of aromatic nitrogens is 1. The maximum atomic E-state index is 13.6. The highest BCUT2D eigenvalue weighted by Gasteiger charge is 2.37. The third-order valence-electron chi connectivity index (χ3n) is 5.60. The Bertz CT molecular complexity index is 846. The maximum Gasteiger partial charge on any atom is 0.270 e. The molecule has 7 heteroatoms. The zero-order valence-electron chi connectivity index (χ0n) is 15.6. The number of rotatable bonds is 3.